The third kappa shape index (κ3) is 49.7. The number of unbranched alkanes of at least 4 members (excludes halogenated alkanes) is 28. The van der Waals surface area contributed by atoms with E-state index in [-0.39, 0.29) is 37.5 Å². The van der Waals surface area contributed by atoms with Crippen molar-refractivity contribution in [2.75, 3.05) is 13.2 Å². The lowest BCUT2D eigenvalue weighted by atomic mass is 10.0. The van der Waals surface area contributed by atoms with Gasteiger partial charge in [0.15, 0.2) is 6.10 Å². The van der Waals surface area contributed by atoms with Crippen molar-refractivity contribution < 1.29 is 28.6 Å². The quantitative estimate of drug-likeness (QED) is 0.0199. The van der Waals surface area contributed by atoms with Gasteiger partial charge in [-0.05, 0) is 57.8 Å². The number of carbonyl (C=O) groups excluding carboxylic acids is 3. The molecule has 0 heterocycles. The van der Waals surface area contributed by atoms with Gasteiger partial charge in [0.1, 0.15) is 13.2 Å². The molecular formula is C57H98O6. The summed E-state index contributed by atoms with van der Waals surface area (Å²) in [5.74, 6) is -0.990. The van der Waals surface area contributed by atoms with Crippen LogP contribution in [0.25, 0.3) is 0 Å². The molecule has 0 saturated carbocycles. The SMILES string of the molecule is CC\C=C/C=C\C=C/C=C\C=C/CCCC(=O)OCC(COC(=O)CCCCCCCCCCCCCCCCCCCC)OC(=O)CCCCC/C=C\CCCCCCCCC. The van der Waals surface area contributed by atoms with Crippen molar-refractivity contribution in [3.63, 3.8) is 0 Å². The van der Waals surface area contributed by atoms with E-state index in [4.69, 9.17) is 14.2 Å². The minimum absolute atomic E-state index is 0.102. The summed E-state index contributed by atoms with van der Waals surface area (Å²) in [6, 6.07) is 0. The normalized spacial score (nSPS) is 12.6. The fourth-order valence-corrected chi connectivity index (χ4v) is 7.35. The maximum atomic E-state index is 12.8. The molecule has 0 aromatic heterocycles. The molecule has 1 unspecified atom stereocenters. The van der Waals surface area contributed by atoms with Crippen LogP contribution in [-0.4, -0.2) is 37.2 Å². The highest BCUT2D eigenvalue weighted by Crippen LogP contribution is 2.16. The zero-order valence-corrected chi connectivity index (χ0v) is 41.3. The average molecular weight is 879 g/mol. The van der Waals surface area contributed by atoms with Gasteiger partial charge >= 0.3 is 17.9 Å². The molecule has 0 aliphatic carbocycles. The van der Waals surface area contributed by atoms with Crippen LogP contribution in [0, 0.1) is 0 Å². The molecule has 0 saturated heterocycles. The molecule has 0 aromatic carbocycles. The second kappa shape index (κ2) is 51.5. The highest BCUT2D eigenvalue weighted by atomic mass is 16.6. The molecular weight excluding hydrogens is 781 g/mol. The minimum Gasteiger partial charge on any atom is -0.462 e. The standard InChI is InChI=1S/C57H98O6/c1-4-7-10-13-16-19-22-25-27-28-29-30-33-35-38-41-44-47-50-56(59)62-53-54(52-61-55(58)49-46-43-40-37-34-31-24-21-18-15-12-9-6-3)63-57(60)51-48-45-42-39-36-32-26-23-20-17-14-11-8-5-2/h9,12,15,18,21,24,31-32,34,36-37,40,54H,4-8,10-11,13-14,16-17,19-20,22-23,25-30,33,35,38-39,41-53H2,1-3H3/b12-9-,18-15-,24-21-,34-31-,36-32-,40-37-. The number of hydrogen-bond donors (Lipinski definition) is 0. The van der Waals surface area contributed by atoms with Crippen LogP contribution in [0.1, 0.15) is 252 Å². The Labute approximate surface area is 389 Å². The molecule has 0 aromatic rings. The highest BCUT2D eigenvalue weighted by Gasteiger charge is 2.19. The molecule has 362 valence electrons. The highest BCUT2D eigenvalue weighted by molar-refractivity contribution is 5.71. The number of rotatable bonds is 47. The van der Waals surface area contributed by atoms with Gasteiger partial charge in [0.2, 0.25) is 0 Å². The summed E-state index contributed by atoms with van der Waals surface area (Å²) >= 11 is 0. The lowest BCUT2D eigenvalue weighted by Gasteiger charge is -2.18. The maximum Gasteiger partial charge on any atom is 0.306 e. The van der Waals surface area contributed by atoms with Gasteiger partial charge in [-0.25, -0.2) is 0 Å². The molecule has 0 N–H and O–H groups in total. The topological polar surface area (TPSA) is 78.9 Å². The lowest BCUT2D eigenvalue weighted by Crippen LogP contribution is -2.30. The Morgan fingerprint density at radius 3 is 1.08 bits per heavy atom. The van der Waals surface area contributed by atoms with Crippen molar-refractivity contribution in [3.8, 4) is 0 Å². The van der Waals surface area contributed by atoms with Crippen molar-refractivity contribution in [2.45, 2.75) is 258 Å². The van der Waals surface area contributed by atoms with E-state index in [0.717, 1.165) is 64.2 Å². The van der Waals surface area contributed by atoms with Crippen LogP contribution >= 0.6 is 0 Å². The van der Waals surface area contributed by atoms with Crippen LogP contribution in [0.3, 0.4) is 0 Å². The van der Waals surface area contributed by atoms with Crippen LogP contribution in [0.15, 0.2) is 72.9 Å². The van der Waals surface area contributed by atoms with Gasteiger partial charge in [-0.15, -0.1) is 0 Å². The Morgan fingerprint density at radius 2 is 0.651 bits per heavy atom. The first-order valence-electron chi connectivity index (χ1n) is 26.5. The number of ether oxygens (including phenoxy) is 3. The van der Waals surface area contributed by atoms with E-state index >= 15 is 0 Å². The summed E-state index contributed by atoms with van der Waals surface area (Å²) in [4.78, 5) is 37.9. The van der Waals surface area contributed by atoms with Gasteiger partial charge in [0.05, 0.1) is 0 Å². The zero-order valence-electron chi connectivity index (χ0n) is 41.3. The fraction of sp³-hybridized carbons (Fsp3) is 0.737. The van der Waals surface area contributed by atoms with Crippen LogP contribution < -0.4 is 0 Å². The van der Waals surface area contributed by atoms with Gasteiger partial charge in [0.25, 0.3) is 0 Å². The molecule has 0 rings (SSSR count). The van der Waals surface area contributed by atoms with E-state index in [1.165, 1.54) is 141 Å². The Balaban J connectivity index is 4.43. The summed E-state index contributed by atoms with van der Waals surface area (Å²) in [5, 5.41) is 0. The molecule has 6 nitrogen and oxygen atoms in total. The Bertz CT molecular complexity index is 1190. The van der Waals surface area contributed by atoms with Crippen molar-refractivity contribution >= 4 is 17.9 Å². The first-order valence-corrected chi connectivity index (χ1v) is 26.5. The molecule has 6 heteroatoms. The summed E-state index contributed by atoms with van der Waals surface area (Å²) in [7, 11) is 0. The molecule has 1 atom stereocenters. The average Bonchev–Trinajstić information content (AvgIpc) is 3.28. The van der Waals surface area contributed by atoms with E-state index in [0.29, 0.717) is 19.3 Å². The van der Waals surface area contributed by atoms with Gasteiger partial charge in [-0.2, -0.15) is 0 Å². The monoisotopic (exact) mass is 879 g/mol. The molecule has 63 heavy (non-hydrogen) atoms. The number of allylic oxidation sites excluding steroid dienone is 12. The summed E-state index contributed by atoms with van der Waals surface area (Å²) < 4.78 is 16.7. The summed E-state index contributed by atoms with van der Waals surface area (Å²) in [6.07, 6.45) is 64.7. The minimum atomic E-state index is -0.809. The van der Waals surface area contributed by atoms with E-state index in [1.54, 1.807) is 0 Å². The molecule has 0 bridgehead atoms. The van der Waals surface area contributed by atoms with E-state index < -0.39 is 6.10 Å². The summed E-state index contributed by atoms with van der Waals surface area (Å²) in [6.45, 7) is 6.43. The van der Waals surface area contributed by atoms with Crippen molar-refractivity contribution in [1.82, 2.24) is 0 Å². The van der Waals surface area contributed by atoms with E-state index in [2.05, 4.69) is 39.0 Å². The Hall–Kier alpha value is -3.15. The van der Waals surface area contributed by atoms with Crippen molar-refractivity contribution in [1.29, 1.82) is 0 Å². The molecule has 0 radical (unpaired) electrons. The molecule has 0 fully saturated rings. The van der Waals surface area contributed by atoms with Crippen LogP contribution in [-0.2, 0) is 28.6 Å². The second-order valence-corrected chi connectivity index (χ2v) is 17.5. The molecule has 0 amide bonds. The van der Waals surface area contributed by atoms with Gasteiger partial charge in [-0.3, -0.25) is 14.4 Å². The maximum absolute atomic E-state index is 12.8. The lowest BCUT2D eigenvalue weighted by molar-refractivity contribution is -0.167. The largest absolute Gasteiger partial charge is 0.462 e. The fourth-order valence-electron chi connectivity index (χ4n) is 7.35. The third-order valence-electron chi connectivity index (χ3n) is 11.3. The Morgan fingerprint density at radius 1 is 0.333 bits per heavy atom. The van der Waals surface area contributed by atoms with Crippen LogP contribution in [0.2, 0.25) is 0 Å². The molecule has 0 aliphatic heterocycles. The van der Waals surface area contributed by atoms with Gasteiger partial charge in [-0.1, -0.05) is 248 Å². The third-order valence-corrected chi connectivity index (χ3v) is 11.3. The first-order chi connectivity index (χ1) is 31.0. The van der Waals surface area contributed by atoms with Crippen molar-refractivity contribution in [2.24, 2.45) is 0 Å². The van der Waals surface area contributed by atoms with Crippen molar-refractivity contribution in [3.05, 3.63) is 72.9 Å². The van der Waals surface area contributed by atoms with E-state index in [1.807, 2.05) is 54.7 Å². The van der Waals surface area contributed by atoms with Gasteiger partial charge < -0.3 is 14.2 Å². The number of carbonyl (C=O) groups is 3. The number of hydrogen-bond acceptors (Lipinski definition) is 6. The predicted octanol–water partition coefficient (Wildman–Crippen LogP) is 17.4. The molecule has 0 aliphatic rings. The van der Waals surface area contributed by atoms with Crippen LogP contribution in [0.4, 0.5) is 0 Å². The first kappa shape index (κ1) is 59.9. The van der Waals surface area contributed by atoms with Gasteiger partial charge in [0, 0.05) is 19.3 Å². The smallest absolute Gasteiger partial charge is 0.306 e. The second-order valence-electron chi connectivity index (χ2n) is 17.5. The predicted molar refractivity (Wildman–Crippen MR) is 270 cm³/mol. The number of esters is 3. The van der Waals surface area contributed by atoms with E-state index in [9.17, 15) is 14.4 Å². The molecule has 0 spiro atoms. The van der Waals surface area contributed by atoms with Crippen LogP contribution in [0.5, 0.6) is 0 Å². The summed E-state index contributed by atoms with van der Waals surface area (Å²) in [5.41, 5.74) is 0. The zero-order chi connectivity index (χ0) is 45.8. The Kier molecular flexibility index (Phi) is 48.9.